The maximum atomic E-state index is 15.6. The van der Waals surface area contributed by atoms with E-state index in [0.717, 1.165) is 17.7 Å². The van der Waals surface area contributed by atoms with Gasteiger partial charge in [-0.05, 0) is 37.3 Å². The Morgan fingerprint density at radius 2 is 1.83 bits per heavy atom. The number of halogens is 2. The molecule has 0 aliphatic carbocycles. The van der Waals surface area contributed by atoms with Crippen LogP contribution in [0.5, 0.6) is 5.75 Å². The molecule has 0 amide bonds. The number of methoxy groups -OCH3 is 2. The lowest BCUT2D eigenvalue weighted by Gasteiger charge is -2.19. The number of aromatic nitrogens is 2. The minimum atomic E-state index is -4.12. The fourth-order valence-corrected chi connectivity index (χ4v) is 4.81. The van der Waals surface area contributed by atoms with E-state index in [4.69, 9.17) is 14.2 Å². The molecular weight excluding hydrogens is 492 g/mol. The van der Waals surface area contributed by atoms with Crippen LogP contribution in [0.2, 0.25) is 0 Å². The molecule has 4 rings (SSSR count). The van der Waals surface area contributed by atoms with E-state index in [0.29, 0.717) is 35.6 Å². The van der Waals surface area contributed by atoms with Crippen LogP contribution in [0.1, 0.15) is 22.8 Å². The standard InChI is InChI=1S/C25H25F2N3O5S/c1-15-4-6-17(7-5-15)36(31,32)30-21-9-8-20(26)22(23(21)27)24(34-3)19-14-29-25-18(19)12-16(13-28-25)35-11-10-33-2/h4-9,12-14,24,30H,10-11H2,1-3H3,(H,28,29). The lowest BCUT2D eigenvalue weighted by atomic mass is 9.99. The first-order valence-corrected chi connectivity index (χ1v) is 12.4. The molecule has 0 radical (unpaired) electrons. The SMILES string of the molecule is COCCOc1cnc2[nH]cc(C(OC)c3c(F)ccc(NS(=O)(=O)c4ccc(C)cc4)c3F)c2c1. The molecule has 0 spiro atoms. The number of aryl methyl sites for hydroxylation is 1. The number of aromatic amines is 1. The number of H-pyrrole nitrogens is 1. The Bertz CT molecular complexity index is 1470. The summed E-state index contributed by atoms with van der Waals surface area (Å²) in [5, 5.41) is 0.529. The summed E-state index contributed by atoms with van der Waals surface area (Å²) < 4.78 is 74.5. The monoisotopic (exact) mass is 517 g/mol. The van der Waals surface area contributed by atoms with E-state index in [2.05, 4.69) is 14.7 Å². The Morgan fingerprint density at radius 1 is 1.08 bits per heavy atom. The number of sulfonamides is 1. The van der Waals surface area contributed by atoms with Crippen LogP contribution in [0.15, 0.2) is 59.8 Å². The first-order chi connectivity index (χ1) is 17.2. The van der Waals surface area contributed by atoms with Gasteiger partial charge >= 0.3 is 0 Å². The number of benzene rings is 2. The van der Waals surface area contributed by atoms with E-state index in [9.17, 15) is 12.8 Å². The summed E-state index contributed by atoms with van der Waals surface area (Å²) in [6.45, 7) is 2.49. The van der Waals surface area contributed by atoms with E-state index >= 15 is 4.39 Å². The Balaban J connectivity index is 1.72. The lowest BCUT2D eigenvalue weighted by molar-refractivity contribution is 0.130. The van der Waals surface area contributed by atoms with Gasteiger partial charge in [0.25, 0.3) is 10.0 Å². The van der Waals surface area contributed by atoms with Crippen LogP contribution >= 0.6 is 0 Å². The van der Waals surface area contributed by atoms with Crippen molar-refractivity contribution in [3.63, 3.8) is 0 Å². The zero-order valence-electron chi connectivity index (χ0n) is 19.8. The Labute approximate surface area is 207 Å². The van der Waals surface area contributed by atoms with Gasteiger partial charge in [0.15, 0.2) is 5.82 Å². The fourth-order valence-electron chi connectivity index (χ4n) is 3.75. The molecule has 2 aromatic heterocycles. The normalized spacial score (nSPS) is 12.6. The highest BCUT2D eigenvalue weighted by Crippen LogP contribution is 2.37. The summed E-state index contributed by atoms with van der Waals surface area (Å²) in [4.78, 5) is 7.19. The summed E-state index contributed by atoms with van der Waals surface area (Å²) in [6, 6.07) is 9.76. The maximum Gasteiger partial charge on any atom is 0.261 e. The number of hydrogen-bond acceptors (Lipinski definition) is 6. The van der Waals surface area contributed by atoms with Crippen LogP contribution in [0.4, 0.5) is 14.5 Å². The van der Waals surface area contributed by atoms with Crippen molar-refractivity contribution in [2.75, 3.05) is 32.2 Å². The number of nitrogens with one attached hydrogen (secondary N) is 2. The zero-order valence-corrected chi connectivity index (χ0v) is 20.7. The second kappa shape index (κ2) is 10.6. The van der Waals surface area contributed by atoms with Gasteiger partial charge in [0.05, 0.1) is 29.0 Å². The fraction of sp³-hybridized carbons (Fsp3) is 0.240. The number of hydrogen-bond donors (Lipinski definition) is 2. The van der Waals surface area contributed by atoms with Gasteiger partial charge in [-0.2, -0.15) is 0 Å². The topological polar surface area (TPSA) is 103 Å². The van der Waals surface area contributed by atoms with Gasteiger partial charge < -0.3 is 19.2 Å². The van der Waals surface area contributed by atoms with E-state index in [1.165, 1.54) is 31.6 Å². The average molecular weight is 518 g/mol. The molecule has 2 aromatic carbocycles. The van der Waals surface area contributed by atoms with E-state index in [1.54, 1.807) is 25.3 Å². The highest BCUT2D eigenvalue weighted by molar-refractivity contribution is 7.92. The largest absolute Gasteiger partial charge is 0.490 e. The molecule has 1 atom stereocenters. The molecule has 0 saturated heterocycles. The maximum absolute atomic E-state index is 15.6. The third kappa shape index (κ3) is 5.18. The number of rotatable bonds is 10. The van der Waals surface area contributed by atoms with E-state index < -0.39 is 39.0 Å². The van der Waals surface area contributed by atoms with Crippen LogP contribution in [-0.2, 0) is 19.5 Å². The van der Waals surface area contributed by atoms with Crippen LogP contribution < -0.4 is 9.46 Å². The predicted octanol–water partition coefficient (Wildman–Crippen LogP) is 4.71. The minimum absolute atomic E-state index is 0.0506. The molecule has 8 nitrogen and oxygen atoms in total. The number of fused-ring (bicyclic) bond motifs is 1. The molecule has 2 N–H and O–H groups in total. The summed E-state index contributed by atoms with van der Waals surface area (Å²) >= 11 is 0. The van der Waals surface area contributed by atoms with Crippen molar-refractivity contribution in [1.29, 1.82) is 0 Å². The van der Waals surface area contributed by atoms with Gasteiger partial charge in [0.1, 0.15) is 29.9 Å². The van der Waals surface area contributed by atoms with Crippen LogP contribution in [0.25, 0.3) is 11.0 Å². The van der Waals surface area contributed by atoms with Crippen LogP contribution in [-0.4, -0.2) is 45.8 Å². The first-order valence-electron chi connectivity index (χ1n) is 10.9. The van der Waals surface area contributed by atoms with Crippen molar-refractivity contribution in [1.82, 2.24) is 9.97 Å². The van der Waals surface area contributed by atoms with Gasteiger partial charge in [0, 0.05) is 31.4 Å². The van der Waals surface area contributed by atoms with Crippen molar-refractivity contribution >= 4 is 26.7 Å². The van der Waals surface area contributed by atoms with Gasteiger partial charge in [0.2, 0.25) is 0 Å². The van der Waals surface area contributed by atoms with Gasteiger partial charge in [-0.3, -0.25) is 4.72 Å². The number of ether oxygens (including phenoxy) is 3. The number of anilines is 1. The molecule has 2 heterocycles. The molecular formula is C25H25F2N3O5S. The smallest absolute Gasteiger partial charge is 0.261 e. The summed E-state index contributed by atoms with van der Waals surface area (Å²) in [5.41, 5.74) is 0.869. The Hall–Kier alpha value is -3.54. The molecule has 1 unspecified atom stereocenters. The molecule has 0 aliphatic rings. The van der Waals surface area contributed by atoms with Crippen molar-refractivity contribution in [2.24, 2.45) is 0 Å². The van der Waals surface area contributed by atoms with Crippen LogP contribution in [0, 0.1) is 18.6 Å². The summed E-state index contributed by atoms with van der Waals surface area (Å²) in [7, 11) is -1.26. The van der Waals surface area contributed by atoms with Crippen molar-refractivity contribution < 1.29 is 31.4 Å². The third-order valence-corrected chi connectivity index (χ3v) is 6.96. The molecule has 4 aromatic rings. The van der Waals surface area contributed by atoms with Crippen molar-refractivity contribution in [3.05, 3.63) is 83.2 Å². The minimum Gasteiger partial charge on any atom is -0.490 e. The second-order valence-corrected chi connectivity index (χ2v) is 9.69. The van der Waals surface area contributed by atoms with Crippen LogP contribution in [0.3, 0.4) is 0 Å². The van der Waals surface area contributed by atoms with E-state index in [-0.39, 0.29) is 4.90 Å². The Kier molecular flexibility index (Phi) is 7.53. The molecule has 0 bridgehead atoms. The zero-order chi connectivity index (χ0) is 25.9. The molecule has 11 heteroatoms. The molecule has 0 aliphatic heterocycles. The summed E-state index contributed by atoms with van der Waals surface area (Å²) in [6.07, 6.45) is 1.84. The van der Waals surface area contributed by atoms with Gasteiger partial charge in [-0.25, -0.2) is 22.2 Å². The highest BCUT2D eigenvalue weighted by atomic mass is 32.2. The molecule has 36 heavy (non-hydrogen) atoms. The van der Waals surface area contributed by atoms with Gasteiger partial charge in [-0.1, -0.05) is 17.7 Å². The van der Waals surface area contributed by atoms with Gasteiger partial charge in [-0.15, -0.1) is 0 Å². The number of nitrogens with zero attached hydrogens (tertiary/aromatic N) is 1. The first kappa shape index (κ1) is 25.5. The third-order valence-electron chi connectivity index (χ3n) is 5.58. The average Bonchev–Trinajstić information content (AvgIpc) is 3.27. The lowest BCUT2D eigenvalue weighted by Crippen LogP contribution is -2.16. The number of pyridine rings is 1. The molecule has 0 saturated carbocycles. The van der Waals surface area contributed by atoms with Crippen molar-refractivity contribution in [2.45, 2.75) is 17.9 Å². The summed E-state index contributed by atoms with van der Waals surface area (Å²) in [5.74, 6) is -1.55. The predicted molar refractivity (Wildman–Crippen MR) is 131 cm³/mol. The highest BCUT2D eigenvalue weighted by Gasteiger charge is 2.28. The molecule has 0 fully saturated rings. The van der Waals surface area contributed by atoms with Crippen molar-refractivity contribution in [3.8, 4) is 5.75 Å². The quantitative estimate of drug-likeness (QED) is 0.296. The Morgan fingerprint density at radius 3 is 2.53 bits per heavy atom. The second-order valence-electron chi connectivity index (χ2n) is 8.01. The molecule has 190 valence electrons. The van der Waals surface area contributed by atoms with E-state index in [1.807, 2.05) is 6.92 Å².